The number of piperidine rings is 1. The van der Waals surface area contributed by atoms with Gasteiger partial charge in [0, 0.05) is 11.1 Å². The van der Waals surface area contributed by atoms with E-state index in [2.05, 4.69) is 0 Å². The van der Waals surface area contributed by atoms with Crippen molar-refractivity contribution in [2.24, 2.45) is 0 Å². The molecule has 1 unspecified atom stereocenters. The molecule has 0 aromatic carbocycles. The van der Waals surface area contributed by atoms with E-state index >= 15 is 0 Å². The third-order valence-electron chi connectivity index (χ3n) is 3.61. The Bertz CT molecular complexity index is 326. The monoisotopic (exact) mass is 399 g/mol. The molecular weight excluding hydrogens is 373 g/mol. The van der Waals surface area contributed by atoms with E-state index in [0.717, 1.165) is 12.8 Å². The second-order valence-electron chi connectivity index (χ2n) is 6.62. The van der Waals surface area contributed by atoms with Crippen LogP contribution in [0.5, 0.6) is 0 Å². The fourth-order valence-electron chi connectivity index (χ4n) is 2.77. The molecule has 1 aliphatic heterocycles. The van der Waals surface area contributed by atoms with Crippen molar-refractivity contribution in [3.63, 3.8) is 0 Å². The lowest BCUT2D eigenvalue weighted by molar-refractivity contribution is -0.261. The molecule has 0 aromatic heterocycles. The predicted octanol–water partition coefficient (Wildman–Crippen LogP) is 2.78. The van der Waals surface area contributed by atoms with Crippen LogP contribution in [-0.4, -0.2) is 50.6 Å². The number of alkyl halides is 1. The van der Waals surface area contributed by atoms with Crippen molar-refractivity contribution < 1.29 is 19.5 Å². The van der Waals surface area contributed by atoms with Gasteiger partial charge in [-0.05, 0) is 47.5 Å². The van der Waals surface area contributed by atoms with Gasteiger partial charge in [0.2, 0.25) is 0 Å². The standard InChI is InChI=1S/C14H26INO4/c1-10(15)12(17)20-7-6-19-11-8-13(2,3)16(18)14(4,5)9-11/h10-11,18H,6-9H2,1-5H3. The topological polar surface area (TPSA) is 59.0 Å². The number of rotatable bonds is 5. The van der Waals surface area contributed by atoms with Crippen molar-refractivity contribution >= 4 is 28.6 Å². The summed E-state index contributed by atoms with van der Waals surface area (Å²) >= 11 is 2.03. The van der Waals surface area contributed by atoms with Gasteiger partial charge in [-0.1, -0.05) is 22.6 Å². The van der Waals surface area contributed by atoms with Gasteiger partial charge in [-0.2, -0.15) is 5.06 Å². The molecule has 1 aliphatic rings. The molecule has 1 fully saturated rings. The third-order valence-corrected chi connectivity index (χ3v) is 4.12. The van der Waals surface area contributed by atoms with Gasteiger partial charge < -0.3 is 14.7 Å². The van der Waals surface area contributed by atoms with Crippen molar-refractivity contribution in [1.82, 2.24) is 5.06 Å². The Kier molecular flexibility index (Phi) is 6.25. The molecule has 1 rings (SSSR count). The molecule has 0 spiro atoms. The number of hydroxylamine groups is 2. The molecule has 0 aliphatic carbocycles. The highest BCUT2D eigenvalue weighted by molar-refractivity contribution is 14.1. The van der Waals surface area contributed by atoms with Crippen molar-refractivity contribution in [1.29, 1.82) is 0 Å². The van der Waals surface area contributed by atoms with Crippen molar-refractivity contribution in [2.45, 2.75) is 68.6 Å². The normalized spacial score (nSPS) is 24.4. The summed E-state index contributed by atoms with van der Waals surface area (Å²) in [5.74, 6) is -0.208. The average molecular weight is 399 g/mol. The van der Waals surface area contributed by atoms with Crippen LogP contribution in [0.2, 0.25) is 0 Å². The number of hydrogen-bond acceptors (Lipinski definition) is 5. The summed E-state index contributed by atoms with van der Waals surface area (Å²) in [6.07, 6.45) is 1.58. The first-order valence-electron chi connectivity index (χ1n) is 6.98. The number of carbonyl (C=O) groups is 1. The molecule has 6 heteroatoms. The highest BCUT2D eigenvalue weighted by atomic mass is 127. The zero-order valence-corrected chi connectivity index (χ0v) is 15.1. The lowest BCUT2D eigenvalue weighted by Gasteiger charge is -2.51. The van der Waals surface area contributed by atoms with E-state index in [1.54, 1.807) is 6.92 Å². The van der Waals surface area contributed by atoms with Crippen LogP contribution in [0.25, 0.3) is 0 Å². The van der Waals surface area contributed by atoms with Crippen LogP contribution in [0.1, 0.15) is 47.5 Å². The highest BCUT2D eigenvalue weighted by Gasteiger charge is 2.45. The smallest absolute Gasteiger partial charge is 0.318 e. The SMILES string of the molecule is CC(I)C(=O)OCCOC1CC(C)(C)N(O)C(C)(C)C1. The van der Waals surface area contributed by atoms with Gasteiger partial charge in [0.15, 0.2) is 0 Å². The van der Waals surface area contributed by atoms with Gasteiger partial charge in [-0.25, -0.2) is 0 Å². The first-order valence-corrected chi connectivity index (χ1v) is 8.22. The molecule has 0 bridgehead atoms. The molecule has 0 radical (unpaired) electrons. The minimum Gasteiger partial charge on any atom is -0.462 e. The fraction of sp³-hybridized carbons (Fsp3) is 0.929. The Morgan fingerprint density at radius 1 is 1.30 bits per heavy atom. The van der Waals surface area contributed by atoms with Gasteiger partial charge in [-0.15, -0.1) is 0 Å². The number of carbonyl (C=O) groups excluding carboxylic acids is 1. The minimum absolute atomic E-state index is 0.0686. The molecular formula is C14H26INO4. The maximum atomic E-state index is 11.3. The number of ether oxygens (including phenoxy) is 2. The molecule has 0 aromatic rings. The summed E-state index contributed by atoms with van der Waals surface area (Å²) in [7, 11) is 0. The van der Waals surface area contributed by atoms with Gasteiger partial charge >= 0.3 is 5.97 Å². The van der Waals surface area contributed by atoms with Crippen LogP contribution in [0, 0.1) is 0 Å². The predicted molar refractivity (Wildman–Crippen MR) is 85.2 cm³/mol. The summed E-state index contributed by atoms with van der Waals surface area (Å²) in [6.45, 7) is 10.5. The third kappa shape index (κ3) is 4.82. The maximum absolute atomic E-state index is 11.3. The van der Waals surface area contributed by atoms with Crippen LogP contribution in [0.15, 0.2) is 0 Å². The lowest BCUT2D eigenvalue weighted by Crippen LogP contribution is -2.60. The van der Waals surface area contributed by atoms with Crippen molar-refractivity contribution in [3.8, 4) is 0 Å². The van der Waals surface area contributed by atoms with Crippen LogP contribution in [0.4, 0.5) is 0 Å². The van der Waals surface area contributed by atoms with Gasteiger partial charge in [0.05, 0.1) is 12.7 Å². The zero-order chi connectivity index (χ0) is 15.6. The summed E-state index contributed by atoms with van der Waals surface area (Å²) < 4.78 is 10.8. The Hall–Kier alpha value is 0.0800. The summed E-state index contributed by atoms with van der Waals surface area (Å²) in [4.78, 5) is 11.3. The Morgan fingerprint density at radius 3 is 2.25 bits per heavy atom. The second kappa shape index (κ2) is 6.89. The number of nitrogens with zero attached hydrogens (tertiary/aromatic N) is 1. The largest absolute Gasteiger partial charge is 0.462 e. The summed E-state index contributed by atoms with van der Waals surface area (Å²) in [5.41, 5.74) is -0.639. The quantitative estimate of drug-likeness (QED) is 0.334. The second-order valence-corrected chi connectivity index (χ2v) is 8.49. The molecule has 0 amide bonds. The molecule has 1 atom stereocenters. The van der Waals surface area contributed by atoms with Crippen LogP contribution in [0.3, 0.4) is 0 Å². The highest BCUT2D eigenvalue weighted by Crippen LogP contribution is 2.37. The molecule has 20 heavy (non-hydrogen) atoms. The Balaban J connectivity index is 2.40. The molecule has 1 N–H and O–H groups in total. The van der Waals surface area contributed by atoms with E-state index in [-0.39, 0.29) is 33.7 Å². The minimum atomic E-state index is -0.320. The first kappa shape index (κ1) is 18.1. The van der Waals surface area contributed by atoms with Crippen LogP contribution < -0.4 is 0 Å². The van der Waals surface area contributed by atoms with E-state index in [4.69, 9.17) is 9.47 Å². The number of esters is 1. The van der Waals surface area contributed by atoms with Crippen LogP contribution in [-0.2, 0) is 14.3 Å². The van der Waals surface area contributed by atoms with Gasteiger partial charge in [-0.3, -0.25) is 4.79 Å². The molecule has 5 nitrogen and oxygen atoms in total. The first-order chi connectivity index (χ1) is 9.06. The van der Waals surface area contributed by atoms with Gasteiger partial charge in [0.1, 0.15) is 10.5 Å². The molecule has 1 heterocycles. The van der Waals surface area contributed by atoms with Crippen molar-refractivity contribution in [3.05, 3.63) is 0 Å². The van der Waals surface area contributed by atoms with E-state index in [1.807, 2.05) is 50.3 Å². The average Bonchev–Trinajstić information content (AvgIpc) is 2.30. The van der Waals surface area contributed by atoms with Gasteiger partial charge in [0.25, 0.3) is 0 Å². The summed E-state index contributed by atoms with van der Waals surface area (Å²) in [5, 5.41) is 11.6. The van der Waals surface area contributed by atoms with E-state index in [0.29, 0.717) is 6.61 Å². The molecule has 118 valence electrons. The van der Waals surface area contributed by atoms with Crippen molar-refractivity contribution in [2.75, 3.05) is 13.2 Å². The fourth-order valence-corrected chi connectivity index (χ4v) is 2.95. The maximum Gasteiger partial charge on any atom is 0.318 e. The molecule has 1 saturated heterocycles. The number of halogens is 1. The van der Waals surface area contributed by atoms with E-state index < -0.39 is 0 Å². The Morgan fingerprint density at radius 2 is 1.80 bits per heavy atom. The van der Waals surface area contributed by atoms with E-state index in [1.165, 1.54) is 5.06 Å². The van der Waals surface area contributed by atoms with Crippen LogP contribution >= 0.6 is 22.6 Å². The van der Waals surface area contributed by atoms with E-state index in [9.17, 15) is 10.0 Å². The molecule has 0 saturated carbocycles. The lowest BCUT2D eigenvalue weighted by atomic mass is 9.80. The zero-order valence-electron chi connectivity index (χ0n) is 13.0. The summed E-state index contributed by atoms with van der Waals surface area (Å²) in [6, 6.07) is 0. The number of hydrogen-bond donors (Lipinski definition) is 1. The Labute approximate surface area is 135 Å².